The Morgan fingerprint density at radius 3 is 2.19 bits per heavy atom. The van der Waals surface area contributed by atoms with E-state index in [0.717, 1.165) is 29.4 Å². The molecule has 0 spiro atoms. The van der Waals surface area contributed by atoms with E-state index >= 15 is 0 Å². The van der Waals surface area contributed by atoms with Gasteiger partial charge in [0.05, 0.1) is 33.1 Å². The summed E-state index contributed by atoms with van der Waals surface area (Å²) in [5.74, 6) is 0. The van der Waals surface area contributed by atoms with Gasteiger partial charge in [-0.15, -0.1) is 0 Å². The highest BCUT2D eigenvalue weighted by molar-refractivity contribution is 7.90. The third-order valence-electron chi connectivity index (χ3n) is 5.49. The summed E-state index contributed by atoms with van der Waals surface area (Å²) in [6, 6.07) is 13.9. The van der Waals surface area contributed by atoms with Crippen molar-refractivity contribution in [3.05, 3.63) is 83.3 Å². The second-order valence-corrected chi connectivity index (χ2v) is 11.1. The summed E-state index contributed by atoms with van der Waals surface area (Å²) in [5.41, 5.74) is -0.937. The second kappa shape index (κ2) is 9.02. The standard InChI is InChI=1S/C25H21ClF3N3O3S/c1-24(2,33)23-21(26)22(32(31-23)20-14-30-12-11-19(20)25(27,28)29)16-9-7-15(8-10-16)17-5-4-6-18(13-17)36(3,34)35/h4-14,33H,1-3H3. The van der Waals surface area contributed by atoms with Crippen molar-refractivity contribution >= 4 is 21.4 Å². The van der Waals surface area contributed by atoms with Gasteiger partial charge in [-0.3, -0.25) is 4.98 Å². The Hall–Kier alpha value is -3.21. The molecule has 4 aromatic rings. The van der Waals surface area contributed by atoms with Crippen LogP contribution in [-0.4, -0.2) is 34.5 Å². The molecule has 1 N–H and O–H groups in total. The van der Waals surface area contributed by atoms with Crippen LogP contribution in [0.1, 0.15) is 25.1 Å². The minimum atomic E-state index is -4.68. The molecule has 0 saturated heterocycles. The minimum Gasteiger partial charge on any atom is -0.384 e. The largest absolute Gasteiger partial charge is 0.418 e. The van der Waals surface area contributed by atoms with Crippen LogP contribution in [0.2, 0.25) is 5.02 Å². The van der Waals surface area contributed by atoms with Gasteiger partial charge in [-0.25, -0.2) is 13.1 Å². The first-order valence-corrected chi connectivity index (χ1v) is 12.9. The number of hydrogen-bond donors (Lipinski definition) is 1. The predicted octanol–water partition coefficient (Wildman–Crippen LogP) is 5.90. The number of aliphatic hydroxyl groups is 1. The second-order valence-electron chi connectivity index (χ2n) is 8.75. The zero-order valence-corrected chi connectivity index (χ0v) is 20.9. The molecule has 36 heavy (non-hydrogen) atoms. The molecule has 2 aromatic carbocycles. The molecule has 0 amide bonds. The molecule has 0 aliphatic carbocycles. The molecule has 0 radical (unpaired) electrons. The summed E-state index contributed by atoms with van der Waals surface area (Å²) in [6.45, 7) is 2.86. The van der Waals surface area contributed by atoms with E-state index in [1.807, 2.05) is 0 Å². The highest BCUT2D eigenvalue weighted by Crippen LogP contribution is 2.41. The van der Waals surface area contributed by atoms with Gasteiger partial charge in [0.2, 0.25) is 0 Å². The van der Waals surface area contributed by atoms with E-state index in [2.05, 4.69) is 10.1 Å². The van der Waals surface area contributed by atoms with Gasteiger partial charge >= 0.3 is 6.18 Å². The number of rotatable bonds is 5. The molecule has 4 rings (SSSR count). The number of aromatic nitrogens is 3. The van der Waals surface area contributed by atoms with Crippen molar-refractivity contribution in [2.24, 2.45) is 0 Å². The zero-order chi connectivity index (χ0) is 26.5. The third-order valence-corrected chi connectivity index (χ3v) is 6.96. The normalized spacial score (nSPS) is 12.7. The van der Waals surface area contributed by atoms with Crippen LogP contribution in [0, 0.1) is 0 Å². The van der Waals surface area contributed by atoms with Gasteiger partial charge in [-0.05, 0) is 43.2 Å². The van der Waals surface area contributed by atoms with Crippen molar-refractivity contribution in [1.82, 2.24) is 14.8 Å². The number of hydrogen-bond acceptors (Lipinski definition) is 5. The van der Waals surface area contributed by atoms with Crippen LogP contribution in [0.15, 0.2) is 71.9 Å². The van der Waals surface area contributed by atoms with Crippen LogP contribution in [0.25, 0.3) is 28.1 Å². The first-order chi connectivity index (χ1) is 16.7. The maximum absolute atomic E-state index is 13.8. The van der Waals surface area contributed by atoms with Gasteiger partial charge < -0.3 is 5.11 Å². The Morgan fingerprint density at radius 2 is 1.61 bits per heavy atom. The van der Waals surface area contributed by atoms with Gasteiger partial charge in [0, 0.05) is 18.0 Å². The van der Waals surface area contributed by atoms with Crippen molar-refractivity contribution in [2.45, 2.75) is 30.5 Å². The summed E-state index contributed by atoms with van der Waals surface area (Å²) < 4.78 is 66.2. The molecule has 2 aromatic heterocycles. The molecular formula is C25H21ClF3N3O3S. The maximum Gasteiger partial charge on any atom is 0.418 e. The number of halogens is 4. The maximum atomic E-state index is 13.8. The van der Waals surface area contributed by atoms with Crippen LogP contribution < -0.4 is 0 Å². The van der Waals surface area contributed by atoms with Crippen molar-refractivity contribution < 1.29 is 26.7 Å². The van der Waals surface area contributed by atoms with Crippen molar-refractivity contribution in [3.8, 4) is 28.1 Å². The zero-order valence-electron chi connectivity index (χ0n) is 19.4. The lowest BCUT2D eigenvalue weighted by molar-refractivity contribution is -0.137. The Balaban J connectivity index is 1.89. The van der Waals surface area contributed by atoms with Crippen molar-refractivity contribution in [2.75, 3.05) is 6.26 Å². The number of alkyl halides is 3. The molecule has 0 unspecified atom stereocenters. The Bertz CT molecular complexity index is 1540. The molecule has 11 heteroatoms. The third kappa shape index (κ3) is 5.02. The molecule has 0 atom stereocenters. The lowest BCUT2D eigenvalue weighted by Crippen LogP contribution is -2.18. The molecule has 188 valence electrons. The first kappa shape index (κ1) is 25.9. The fourth-order valence-corrected chi connectivity index (χ4v) is 4.86. The van der Waals surface area contributed by atoms with E-state index in [9.17, 15) is 26.7 Å². The predicted molar refractivity (Wildman–Crippen MR) is 131 cm³/mol. The number of pyridine rings is 1. The molecule has 6 nitrogen and oxygen atoms in total. The number of sulfone groups is 1. The highest BCUT2D eigenvalue weighted by Gasteiger charge is 2.36. The fraction of sp³-hybridized carbons (Fsp3) is 0.200. The van der Waals surface area contributed by atoms with Crippen molar-refractivity contribution in [3.63, 3.8) is 0 Å². The Kier molecular flexibility index (Phi) is 6.48. The van der Waals surface area contributed by atoms with Crippen LogP contribution in [0.5, 0.6) is 0 Å². The molecule has 0 aliphatic heterocycles. The quantitative estimate of drug-likeness (QED) is 0.344. The molecule has 0 fully saturated rings. The summed E-state index contributed by atoms with van der Waals surface area (Å²) in [6.07, 6.45) is -1.49. The van der Waals surface area contributed by atoms with Gasteiger partial charge in [-0.1, -0.05) is 48.0 Å². The van der Waals surface area contributed by atoms with Crippen LogP contribution in [0.4, 0.5) is 13.2 Å². The van der Waals surface area contributed by atoms with E-state index in [-0.39, 0.29) is 27.0 Å². The molecule has 0 saturated carbocycles. The lowest BCUT2D eigenvalue weighted by Gasteiger charge is -2.15. The van der Waals surface area contributed by atoms with Gasteiger partial charge in [0.25, 0.3) is 0 Å². The summed E-state index contributed by atoms with van der Waals surface area (Å²) in [4.78, 5) is 4.00. The van der Waals surface area contributed by atoms with Gasteiger partial charge in [-0.2, -0.15) is 18.3 Å². The minimum absolute atomic E-state index is 0.000995. The van der Waals surface area contributed by atoms with E-state index < -0.39 is 27.2 Å². The average Bonchev–Trinajstić information content (AvgIpc) is 3.15. The fourth-order valence-electron chi connectivity index (χ4n) is 3.73. The average molecular weight is 536 g/mol. The summed E-state index contributed by atoms with van der Waals surface area (Å²) in [5, 5.41) is 14.8. The molecular weight excluding hydrogens is 515 g/mol. The topological polar surface area (TPSA) is 85.1 Å². The molecule has 0 aliphatic rings. The highest BCUT2D eigenvalue weighted by atomic mass is 35.5. The van der Waals surface area contributed by atoms with E-state index in [1.165, 1.54) is 19.9 Å². The monoisotopic (exact) mass is 535 g/mol. The molecule has 2 heterocycles. The number of benzene rings is 2. The van der Waals surface area contributed by atoms with Crippen LogP contribution in [-0.2, 0) is 21.6 Å². The lowest BCUT2D eigenvalue weighted by atomic mass is 10.0. The van der Waals surface area contributed by atoms with Crippen LogP contribution in [0.3, 0.4) is 0 Å². The molecule has 0 bridgehead atoms. The summed E-state index contributed by atoms with van der Waals surface area (Å²) in [7, 11) is -3.40. The van der Waals surface area contributed by atoms with Crippen LogP contribution >= 0.6 is 11.6 Å². The van der Waals surface area contributed by atoms with Crippen molar-refractivity contribution in [1.29, 1.82) is 0 Å². The SMILES string of the molecule is CC(C)(O)c1nn(-c2cnccc2C(F)(F)F)c(-c2ccc(-c3cccc(S(C)(=O)=O)c3)cc2)c1Cl. The van der Waals surface area contributed by atoms with E-state index in [0.29, 0.717) is 16.7 Å². The first-order valence-electron chi connectivity index (χ1n) is 10.6. The Morgan fingerprint density at radius 1 is 0.972 bits per heavy atom. The number of nitrogens with zero attached hydrogens (tertiary/aromatic N) is 3. The van der Waals surface area contributed by atoms with E-state index in [1.54, 1.807) is 42.5 Å². The Labute approximate surface area is 210 Å². The van der Waals surface area contributed by atoms with Gasteiger partial charge in [0.15, 0.2) is 9.84 Å². The van der Waals surface area contributed by atoms with E-state index in [4.69, 9.17) is 11.6 Å². The smallest absolute Gasteiger partial charge is 0.384 e. The summed E-state index contributed by atoms with van der Waals surface area (Å²) >= 11 is 6.58. The van der Waals surface area contributed by atoms with Gasteiger partial charge in [0.1, 0.15) is 11.3 Å².